The van der Waals surface area contributed by atoms with Crippen LogP contribution >= 0.6 is 37.2 Å². The molecule has 0 bridgehead atoms. The maximum atomic E-state index is 13.0. The van der Waals surface area contributed by atoms with Crippen LogP contribution in [0.15, 0.2) is 24.3 Å². The van der Waals surface area contributed by atoms with Crippen LogP contribution in [-0.4, -0.2) is 74.6 Å². The second kappa shape index (κ2) is 11.8. The molecule has 2 fully saturated rings. The Morgan fingerprint density at radius 2 is 1.48 bits per heavy atom. The molecule has 1 aromatic rings. The van der Waals surface area contributed by atoms with Crippen LogP contribution in [0.1, 0.15) is 0 Å². The van der Waals surface area contributed by atoms with E-state index in [1.54, 1.807) is 12.1 Å². The third-order valence-corrected chi connectivity index (χ3v) is 4.39. The molecule has 0 unspecified atom stereocenters. The Bertz CT molecular complexity index is 507. The Morgan fingerprint density at radius 1 is 0.920 bits per heavy atom. The average Bonchev–Trinajstić information content (AvgIpc) is 2.57. The van der Waals surface area contributed by atoms with Crippen LogP contribution in [0, 0.1) is 5.82 Å². The van der Waals surface area contributed by atoms with E-state index in [1.165, 1.54) is 12.1 Å². The molecule has 0 radical (unpaired) electrons. The Labute approximate surface area is 167 Å². The molecule has 2 saturated heterocycles. The largest absolute Gasteiger partial charge is 0.368 e. The van der Waals surface area contributed by atoms with Crippen molar-refractivity contribution in [2.75, 3.05) is 63.8 Å². The SMILES string of the molecule is Cl.Cl.Cl.O=C(CN1CCNCC1)N1CCN(c2ccc(F)cc2)CC1. The third-order valence-electron chi connectivity index (χ3n) is 4.39. The molecule has 0 aromatic heterocycles. The number of amides is 1. The first-order valence-corrected chi connectivity index (χ1v) is 7.94. The zero-order valence-electron chi connectivity index (χ0n) is 14.0. The number of hydrogen-bond donors (Lipinski definition) is 1. The first kappa shape index (κ1) is 24.2. The quantitative estimate of drug-likeness (QED) is 0.815. The molecular weight excluding hydrogens is 390 g/mol. The van der Waals surface area contributed by atoms with Gasteiger partial charge in [-0.3, -0.25) is 9.69 Å². The van der Waals surface area contributed by atoms with Gasteiger partial charge in [-0.15, -0.1) is 37.2 Å². The molecule has 0 aliphatic carbocycles. The van der Waals surface area contributed by atoms with Crippen LogP contribution in [-0.2, 0) is 4.79 Å². The minimum atomic E-state index is -0.214. The lowest BCUT2D eigenvalue weighted by Gasteiger charge is -2.37. The van der Waals surface area contributed by atoms with E-state index in [0.29, 0.717) is 6.54 Å². The molecular formula is C16H26Cl3FN4O. The Balaban J connectivity index is 0.00000192. The van der Waals surface area contributed by atoms with Crippen LogP contribution in [0.2, 0.25) is 0 Å². The Hall–Kier alpha value is -0.790. The van der Waals surface area contributed by atoms with Crippen molar-refractivity contribution in [1.82, 2.24) is 15.1 Å². The predicted molar refractivity (Wildman–Crippen MR) is 106 cm³/mol. The van der Waals surface area contributed by atoms with Crippen LogP contribution in [0.4, 0.5) is 10.1 Å². The molecule has 0 atom stereocenters. The van der Waals surface area contributed by atoms with Gasteiger partial charge < -0.3 is 15.1 Å². The summed E-state index contributed by atoms with van der Waals surface area (Å²) in [5.74, 6) is 0.00856. The number of halogens is 4. The highest BCUT2D eigenvalue weighted by atomic mass is 35.5. The Kier molecular flexibility index (Phi) is 11.4. The molecule has 2 aliphatic rings. The van der Waals surface area contributed by atoms with Gasteiger partial charge in [0.1, 0.15) is 5.82 Å². The van der Waals surface area contributed by atoms with Gasteiger partial charge in [0.15, 0.2) is 0 Å². The van der Waals surface area contributed by atoms with E-state index in [2.05, 4.69) is 15.1 Å². The number of carbonyl (C=O) groups is 1. The molecule has 0 spiro atoms. The van der Waals surface area contributed by atoms with Crippen LogP contribution in [0.5, 0.6) is 0 Å². The molecule has 25 heavy (non-hydrogen) atoms. The molecule has 2 heterocycles. The highest BCUT2D eigenvalue weighted by Crippen LogP contribution is 2.17. The van der Waals surface area contributed by atoms with Gasteiger partial charge in [0.2, 0.25) is 5.91 Å². The van der Waals surface area contributed by atoms with Gasteiger partial charge in [0.25, 0.3) is 0 Å². The van der Waals surface area contributed by atoms with Crippen molar-refractivity contribution in [3.63, 3.8) is 0 Å². The summed E-state index contributed by atoms with van der Waals surface area (Å²) in [4.78, 5) is 18.7. The van der Waals surface area contributed by atoms with Gasteiger partial charge in [-0.2, -0.15) is 0 Å². The molecule has 1 N–H and O–H groups in total. The van der Waals surface area contributed by atoms with Crippen molar-refractivity contribution < 1.29 is 9.18 Å². The standard InChI is InChI=1S/C16H23FN4O.3ClH/c17-14-1-3-15(4-2-14)20-9-11-21(12-10-20)16(22)13-19-7-5-18-6-8-19;;;/h1-4,18H,5-13H2;3*1H. The molecule has 1 aromatic carbocycles. The highest BCUT2D eigenvalue weighted by molar-refractivity contribution is 5.86. The summed E-state index contributed by atoms with van der Waals surface area (Å²) in [5, 5.41) is 3.30. The van der Waals surface area contributed by atoms with Crippen LogP contribution < -0.4 is 10.2 Å². The van der Waals surface area contributed by atoms with Gasteiger partial charge >= 0.3 is 0 Å². The van der Waals surface area contributed by atoms with Crippen molar-refractivity contribution in [2.24, 2.45) is 0 Å². The lowest BCUT2D eigenvalue weighted by atomic mass is 10.2. The van der Waals surface area contributed by atoms with E-state index in [1.807, 2.05) is 4.90 Å². The molecule has 2 aliphatic heterocycles. The number of benzene rings is 1. The maximum Gasteiger partial charge on any atom is 0.236 e. The highest BCUT2D eigenvalue weighted by Gasteiger charge is 2.23. The zero-order valence-corrected chi connectivity index (χ0v) is 16.5. The summed E-state index contributed by atoms with van der Waals surface area (Å²) in [7, 11) is 0. The number of carbonyl (C=O) groups excluding carboxylic acids is 1. The summed E-state index contributed by atoms with van der Waals surface area (Å²) in [5.41, 5.74) is 1.02. The van der Waals surface area contributed by atoms with E-state index in [-0.39, 0.29) is 48.9 Å². The predicted octanol–water partition coefficient (Wildman–Crippen LogP) is 1.64. The van der Waals surface area contributed by atoms with Crippen molar-refractivity contribution in [3.05, 3.63) is 30.1 Å². The van der Waals surface area contributed by atoms with E-state index < -0.39 is 0 Å². The summed E-state index contributed by atoms with van der Waals surface area (Å²) < 4.78 is 13.0. The summed E-state index contributed by atoms with van der Waals surface area (Å²) in [6.45, 7) is 7.43. The zero-order chi connectivity index (χ0) is 15.4. The van der Waals surface area contributed by atoms with E-state index in [4.69, 9.17) is 0 Å². The first-order valence-electron chi connectivity index (χ1n) is 7.94. The van der Waals surface area contributed by atoms with Crippen molar-refractivity contribution >= 4 is 48.8 Å². The minimum absolute atomic E-state index is 0. The fourth-order valence-corrected chi connectivity index (χ4v) is 3.03. The monoisotopic (exact) mass is 414 g/mol. The topological polar surface area (TPSA) is 38.8 Å². The lowest BCUT2D eigenvalue weighted by Crippen LogP contribution is -2.53. The first-order chi connectivity index (χ1) is 10.7. The van der Waals surface area contributed by atoms with Gasteiger partial charge in [0.05, 0.1) is 6.54 Å². The minimum Gasteiger partial charge on any atom is -0.368 e. The van der Waals surface area contributed by atoms with E-state index in [9.17, 15) is 9.18 Å². The number of anilines is 1. The number of hydrogen-bond acceptors (Lipinski definition) is 4. The number of nitrogens with one attached hydrogen (secondary N) is 1. The van der Waals surface area contributed by atoms with E-state index in [0.717, 1.165) is 58.0 Å². The van der Waals surface area contributed by atoms with Crippen LogP contribution in [0.25, 0.3) is 0 Å². The fraction of sp³-hybridized carbons (Fsp3) is 0.562. The molecule has 5 nitrogen and oxygen atoms in total. The molecule has 144 valence electrons. The number of nitrogens with zero attached hydrogens (tertiary/aromatic N) is 3. The average molecular weight is 416 g/mol. The van der Waals surface area contributed by atoms with E-state index >= 15 is 0 Å². The van der Waals surface area contributed by atoms with Gasteiger partial charge in [-0.25, -0.2) is 4.39 Å². The summed E-state index contributed by atoms with van der Waals surface area (Å²) >= 11 is 0. The fourth-order valence-electron chi connectivity index (χ4n) is 3.03. The second-order valence-corrected chi connectivity index (χ2v) is 5.87. The molecule has 1 amide bonds. The summed E-state index contributed by atoms with van der Waals surface area (Å²) in [6, 6.07) is 6.57. The number of rotatable bonds is 3. The maximum absolute atomic E-state index is 13.0. The van der Waals surface area contributed by atoms with Crippen molar-refractivity contribution in [1.29, 1.82) is 0 Å². The smallest absolute Gasteiger partial charge is 0.236 e. The third kappa shape index (κ3) is 6.79. The molecule has 9 heteroatoms. The van der Waals surface area contributed by atoms with Crippen molar-refractivity contribution in [2.45, 2.75) is 0 Å². The Morgan fingerprint density at radius 3 is 2.04 bits per heavy atom. The lowest BCUT2D eigenvalue weighted by molar-refractivity contribution is -0.132. The molecule has 3 rings (SSSR count). The van der Waals surface area contributed by atoms with Crippen molar-refractivity contribution in [3.8, 4) is 0 Å². The number of piperazine rings is 2. The molecule has 0 saturated carbocycles. The summed E-state index contributed by atoms with van der Waals surface area (Å²) in [6.07, 6.45) is 0. The van der Waals surface area contributed by atoms with Gasteiger partial charge in [0, 0.05) is 58.0 Å². The second-order valence-electron chi connectivity index (χ2n) is 5.87. The van der Waals surface area contributed by atoms with Gasteiger partial charge in [-0.1, -0.05) is 0 Å². The normalized spacial score (nSPS) is 17.8. The van der Waals surface area contributed by atoms with Gasteiger partial charge in [-0.05, 0) is 24.3 Å². The van der Waals surface area contributed by atoms with Crippen LogP contribution in [0.3, 0.4) is 0 Å².